The quantitative estimate of drug-likeness (QED) is 0.877. The van der Waals surface area contributed by atoms with E-state index in [2.05, 4.69) is 31.3 Å². The molecule has 104 valence electrons. The third kappa shape index (κ3) is 3.95. The van der Waals surface area contributed by atoms with Gasteiger partial charge in [-0.15, -0.1) is 0 Å². The minimum Gasteiger partial charge on any atom is -0.352 e. The maximum atomic E-state index is 12.0. The number of amides is 1. The van der Waals surface area contributed by atoms with E-state index in [0.717, 1.165) is 12.0 Å². The van der Waals surface area contributed by atoms with Gasteiger partial charge in [0.1, 0.15) is 0 Å². The van der Waals surface area contributed by atoms with Crippen molar-refractivity contribution in [2.24, 2.45) is 0 Å². The second-order valence-electron chi connectivity index (χ2n) is 5.27. The predicted octanol–water partition coefficient (Wildman–Crippen LogP) is 3.78. The van der Waals surface area contributed by atoms with Crippen LogP contribution in [0.25, 0.3) is 0 Å². The number of benzene rings is 2. The maximum Gasteiger partial charge on any atom is 0.251 e. The summed E-state index contributed by atoms with van der Waals surface area (Å²) in [7, 11) is 0. The van der Waals surface area contributed by atoms with Gasteiger partial charge in [-0.1, -0.05) is 56.3 Å². The van der Waals surface area contributed by atoms with Gasteiger partial charge in [-0.2, -0.15) is 0 Å². The van der Waals surface area contributed by atoms with E-state index in [9.17, 15) is 4.79 Å². The molecular weight excluding hydrogens is 246 g/mol. The Morgan fingerprint density at radius 1 is 1.00 bits per heavy atom. The summed E-state index contributed by atoms with van der Waals surface area (Å²) < 4.78 is 0. The molecule has 0 saturated heterocycles. The van der Waals surface area contributed by atoms with Crippen molar-refractivity contribution in [2.45, 2.75) is 26.2 Å². The summed E-state index contributed by atoms with van der Waals surface area (Å²) in [5.41, 5.74) is 3.22. The number of rotatable bonds is 5. The Hall–Kier alpha value is -2.09. The highest BCUT2D eigenvalue weighted by Gasteiger charge is 2.05. The van der Waals surface area contributed by atoms with E-state index in [1.807, 2.05) is 42.5 Å². The van der Waals surface area contributed by atoms with E-state index in [0.29, 0.717) is 12.5 Å². The lowest BCUT2D eigenvalue weighted by molar-refractivity contribution is 0.0954. The summed E-state index contributed by atoms with van der Waals surface area (Å²) in [5, 5.41) is 2.96. The van der Waals surface area contributed by atoms with Gasteiger partial charge in [0, 0.05) is 12.1 Å². The molecule has 0 atom stereocenters. The summed E-state index contributed by atoms with van der Waals surface area (Å²) >= 11 is 0. The highest BCUT2D eigenvalue weighted by atomic mass is 16.1. The van der Waals surface area contributed by atoms with Crippen LogP contribution in [0.4, 0.5) is 0 Å². The number of carbonyl (C=O) groups is 1. The average molecular weight is 267 g/mol. The van der Waals surface area contributed by atoms with E-state index < -0.39 is 0 Å². The number of nitrogens with one attached hydrogen (secondary N) is 1. The van der Waals surface area contributed by atoms with Crippen LogP contribution in [0.5, 0.6) is 0 Å². The largest absolute Gasteiger partial charge is 0.352 e. The fraction of sp³-hybridized carbons (Fsp3) is 0.278. The van der Waals surface area contributed by atoms with Gasteiger partial charge in [0.25, 0.3) is 5.91 Å². The molecule has 0 aliphatic heterocycles. The Balaban J connectivity index is 1.85. The van der Waals surface area contributed by atoms with Gasteiger partial charge in [0.15, 0.2) is 0 Å². The van der Waals surface area contributed by atoms with E-state index in [1.165, 1.54) is 11.1 Å². The summed E-state index contributed by atoms with van der Waals surface area (Å²) in [6.45, 7) is 4.96. The molecule has 2 rings (SSSR count). The smallest absolute Gasteiger partial charge is 0.251 e. The third-order valence-electron chi connectivity index (χ3n) is 3.38. The van der Waals surface area contributed by atoms with Gasteiger partial charge in [0.05, 0.1) is 0 Å². The molecule has 0 aliphatic rings. The molecule has 1 amide bonds. The van der Waals surface area contributed by atoms with E-state index in [-0.39, 0.29) is 5.91 Å². The molecule has 0 heterocycles. The van der Waals surface area contributed by atoms with Gasteiger partial charge in [-0.25, -0.2) is 0 Å². The fourth-order valence-corrected chi connectivity index (χ4v) is 2.09. The number of hydrogen-bond acceptors (Lipinski definition) is 1. The molecular formula is C18H21NO. The Kier molecular flexibility index (Phi) is 4.94. The van der Waals surface area contributed by atoms with Crippen LogP contribution in [0.15, 0.2) is 54.6 Å². The van der Waals surface area contributed by atoms with Crippen molar-refractivity contribution >= 4 is 5.91 Å². The molecule has 0 bridgehead atoms. The van der Waals surface area contributed by atoms with Crippen molar-refractivity contribution in [3.63, 3.8) is 0 Å². The number of hydrogen-bond donors (Lipinski definition) is 1. The van der Waals surface area contributed by atoms with Gasteiger partial charge in [0.2, 0.25) is 0 Å². The first kappa shape index (κ1) is 14.3. The molecule has 0 fully saturated rings. The van der Waals surface area contributed by atoms with Gasteiger partial charge >= 0.3 is 0 Å². The van der Waals surface area contributed by atoms with Crippen molar-refractivity contribution in [3.05, 3.63) is 71.3 Å². The lowest BCUT2D eigenvalue weighted by Gasteiger charge is -2.08. The first-order valence-electron chi connectivity index (χ1n) is 7.09. The van der Waals surface area contributed by atoms with Crippen molar-refractivity contribution in [1.29, 1.82) is 0 Å². The van der Waals surface area contributed by atoms with Gasteiger partial charge < -0.3 is 5.32 Å². The molecule has 20 heavy (non-hydrogen) atoms. The highest BCUT2D eigenvalue weighted by Crippen LogP contribution is 2.14. The lowest BCUT2D eigenvalue weighted by Crippen LogP contribution is -2.25. The van der Waals surface area contributed by atoms with Crippen molar-refractivity contribution in [3.8, 4) is 0 Å². The van der Waals surface area contributed by atoms with Crippen LogP contribution in [-0.2, 0) is 6.42 Å². The first-order valence-corrected chi connectivity index (χ1v) is 7.09. The van der Waals surface area contributed by atoms with Crippen molar-refractivity contribution in [2.75, 3.05) is 6.54 Å². The minimum atomic E-state index is -0.00348. The SMILES string of the molecule is CC(C)c1ccc(C(=O)NCCc2ccccc2)cc1. The zero-order valence-electron chi connectivity index (χ0n) is 12.1. The molecule has 0 spiro atoms. The monoisotopic (exact) mass is 267 g/mol. The summed E-state index contributed by atoms with van der Waals surface area (Å²) in [5.74, 6) is 0.487. The molecule has 1 N–H and O–H groups in total. The summed E-state index contributed by atoms with van der Waals surface area (Å²) in [6.07, 6.45) is 0.858. The summed E-state index contributed by atoms with van der Waals surface area (Å²) in [6, 6.07) is 18.0. The Bertz CT molecular complexity index is 543. The molecule has 0 saturated carbocycles. The molecule has 0 aliphatic carbocycles. The normalized spacial score (nSPS) is 10.6. The van der Waals surface area contributed by atoms with Gasteiger partial charge in [-0.05, 0) is 35.6 Å². The standard InChI is InChI=1S/C18H21NO/c1-14(2)16-8-10-17(11-9-16)18(20)19-13-12-15-6-4-3-5-7-15/h3-11,14H,12-13H2,1-2H3,(H,19,20). The van der Waals surface area contributed by atoms with E-state index in [1.54, 1.807) is 0 Å². The Morgan fingerprint density at radius 3 is 2.25 bits per heavy atom. The van der Waals surface area contributed by atoms with Gasteiger partial charge in [-0.3, -0.25) is 4.79 Å². The zero-order valence-corrected chi connectivity index (χ0v) is 12.1. The zero-order chi connectivity index (χ0) is 14.4. The second-order valence-corrected chi connectivity index (χ2v) is 5.27. The van der Waals surface area contributed by atoms with E-state index in [4.69, 9.17) is 0 Å². The molecule has 2 aromatic rings. The van der Waals surface area contributed by atoms with Crippen molar-refractivity contribution in [1.82, 2.24) is 5.32 Å². The number of carbonyl (C=O) groups excluding carboxylic acids is 1. The molecule has 0 aromatic heterocycles. The predicted molar refractivity (Wildman–Crippen MR) is 83.0 cm³/mol. The van der Waals surface area contributed by atoms with Crippen LogP contribution in [0.2, 0.25) is 0 Å². The molecule has 0 radical (unpaired) electrons. The minimum absolute atomic E-state index is 0.00348. The van der Waals surface area contributed by atoms with Crippen LogP contribution >= 0.6 is 0 Å². The van der Waals surface area contributed by atoms with Crippen LogP contribution in [0.3, 0.4) is 0 Å². The maximum absolute atomic E-state index is 12.0. The topological polar surface area (TPSA) is 29.1 Å². The Labute approximate surface area is 120 Å². The molecule has 2 heteroatoms. The van der Waals surface area contributed by atoms with Crippen molar-refractivity contribution < 1.29 is 4.79 Å². The fourth-order valence-electron chi connectivity index (χ4n) is 2.09. The van der Waals surface area contributed by atoms with Crippen LogP contribution < -0.4 is 5.32 Å². The average Bonchev–Trinajstić information content (AvgIpc) is 2.48. The summed E-state index contributed by atoms with van der Waals surface area (Å²) in [4.78, 5) is 12.0. The Morgan fingerprint density at radius 2 is 1.65 bits per heavy atom. The van der Waals surface area contributed by atoms with Crippen LogP contribution in [0.1, 0.15) is 41.3 Å². The molecule has 0 unspecified atom stereocenters. The van der Waals surface area contributed by atoms with Crippen LogP contribution in [-0.4, -0.2) is 12.5 Å². The third-order valence-corrected chi connectivity index (χ3v) is 3.38. The lowest BCUT2D eigenvalue weighted by atomic mass is 10.0. The second kappa shape index (κ2) is 6.90. The molecule has 2 nitrogen and oxygen atoms in total. The highest BCUT2D eigenvalue weighted by molar-refractivity contribution is 5.94. The first-order chi connectivity index (χ1) is 9.66. The van der Waals surface area contributed by atoms with E-state index >= 15 is 0 Å². The molecule has 2 aromatic carbocycles. The van der Waals surface area contributed by atoms with Crippen LogP contribution in [0, 0.1) is 0 Å².